The fourth-order valence-corrected chi connectivity index (χ4v) is 3.34. The number of aromatic nitrogens is 4. The highest BCUT2D eigenvalue weighted by Crippen LogP contribution is 2.26. The average molecular weight is 351 g/mol. The number of fused-ring (bicyclic) bond motifs is 1. The van der Waals surface area contributed by atoms with Crippen LogP contribution in [0.2, 0.25) is 0 Å². The van der Waals surface area contributed by atoms with Crippen LogP contribution in [0.15, 0.2) is 30.6 Å². The Hall–Kier alpha value is -2.67. The van der Waals surface area contributed by atoms with Crippen LogP contribution in [0, 0.1) is 6.07 Å². The first-order valence-corrected chi connectivity index (χ1v) is 9.13. The Kier molecular flexibility index (Phi) is 4.71. The number of aliphatic hydroxyl groups is 1. The fraction of sp³-hybridized carbons (Fsp3) is 0.421. The highest BCUT2D eigenvalue weighted by atomic mass is 16.3. The summed E-state index contributed by atoms with van der Waals surface area (Å²) in [5.74, 6) is 1.28. The number of hydrogen-bond donors (Lipinski definition) is 3. The Bertz CT molecular complexity index is 870. The number of benzene rings is 1. The number of rotatable bonds is 5. The van der Waals surface area contributed by atoms with Crippen molar-refractivity contribution in [3.63, 3.8) is 0 Å². The van der Waals surface area contributed by atoms with E-state index in [0.29, 0.717) is 11.8 Å². The number of hydrogen-bond acceptors (Lipinski definition) is 6. The molecule has 0 atom stereocenters. The van der Waals surface area contributed by atoms with Crippen molar-refractivity contribution in [3.05, 3.63) is 36.7 Å². The largest absolute Gasteiger partial charge is 0.393 e. The van der Waals surface area contributed by atoms with Crippen molar-refractivity contribution in [3.8, 4) is 0 Å². The lowest BCUT2D eigenvalue weighted by Gasteiger charge is -2.26. The number of imidazole rings is 1. The summed E-state index contributed by atoms with van der Waals surface area (Å²) in [6, 6.07) is 10.9. The molecule has 0 saturated heterocycles. The van der Waals surface area contributed by atoms with Crippen LogP contribution in [0.1, 0.15) is 32.6 Å². The number of aliphatic hydroxyl groups excluding tert-OH is 1. The monoisotopic (exact) mass is 351 g/mol. The van der Waals surface area contributed by atoms with Gasteiger partial charge in [-0.05, 0) is 50.8 Å². The number of nitrogens with one attached hydrogen (secondary N) is 2. The van der Waals surface area contributed by atoms with Gasteiger partial charge in [-0.15, -0.1) is 0 Å². The van der Waals surface area contributed by atoms with Crippen molar-refractivity contribution >= 4 is 28.6 Å². The summed E-state index contributed by atoms with van der Waals surface area (Å²) in [5.41, 5.74) is 2.50. The average Bonchev–Trinajstić information content (AvgIpc) is 3.08. The Morgan fingerprint density at radius 3 is 2.69 bits per heavy atom. The van der Waals surface area contributed by atoms with Crippen LogP contribution in [0.4, 0.5) is 17.5 Å². The second-order valence-corrected chi connectivity index (χ2v) is 6.66. The highest BCUT2D eigenvalue weighted by molar-refractivity contribution is 5.86. The Morgan fingerprint density at radius 2 is 1.96 bits per heavy atom. The lowest BCUT2D eigenvalue weighted by atomic mass is 9.93. The van der Waals surface area contributed by atoms with Crippen LogP contribution in [0.3, 0.4) is 0 Å². The van der Waals surface area contributed by atoms with Gasteiger partial charge in [0.25, 0.3) is 0 Å². The van der Waals surface area contributed by atoms with Gasteiger partial charge in [-0.3, -0.25) is 0 Å². The Morgan fingerprint density at radius 1 is 1.19 bits per heavy atom. The molecule has 0 unspecified atom stereocenters. The molecular formula is C19H23N6O. The molecule has 135 valence electrons. The van der Waals surface area contributed by atoms with Crippen molar-refractivity contribution in [2.24, 2.45) is 0 Å². The second kappa shape index (κ2) is 7.29. The molecule has 1 fully saturated rings. The summed E-state index contributed by atoms with van der Waals surface area (Å²) >= 11 is 0. The third-order valence-corrected chi connectivity index (χ3v) is 4.82. The summed E-state index contributed by atoms with van der Waals surface area (Å²) in [5, 5.41) is 16.5. The van der Waals surface area contributed by atoms with Crippen LogP contribution in [-0.2, 0) is 6.54 Å². The first kappa shape index (κ1) is 16.8. The number of anilines is 3. The van der Waals surface area contributed by atoms with Crippen molar-refractivity contribution in [2.75, 3.05) is 10.6 Å². The summed E-state index contributed by atoms with van der Waals surface area (Å²) in [7, 11) is 0. The van der Waals surface area contributed by atoms with E-state index in [1.807, 2.05) is 28.8 Å². The third-order valence-electron chi connectivity index (χ3n) is 4.82. The van der Waals surface area contributed by atoms with E-state index in [1.165, 1.54) is 0 Å². The van der Waals surface area contributed by atoms with Crippen LogP contribution in [-0.4, -0.2) is 36.8 Å². The predicted octanol–water partition coefficient (Wildman–Crippen LogP) is 3.11. The molecule has 0 bridgehead atoms. The van der Waals surface area contributed by atoms with E-state index < -0.39 is 0 Å². The molecule has 1 radical (unpaired) electrons. The van der Waals surface area contributed by atoms with Gasteiger partial charge in [-0.1, -0.05) is 12.1 Å². The van der Waals surface area contributed by atoms with E-state index in [4.69, 9.17) is 4.98 Å². The zero-order chi connectivity index (χ0) is 17.9. The SMILES string of the molecule is CCn1cnc2c(Nc3cc[c]cc3)nc(N[C@H]3CC[C@H](O)CC3)nc21. The first-order valence-electron chi connectivity index (χ1n) is 9.13. The topological polar surface area (TPSA) is 87.9 Å². The maximum Gasteiger partial charge on any atom is 0.227 e. The summed E-state index contributed by atoms with van der Waals surface area (Å²) in [4.78, 5) is 13.9. The van der Waals surface area contributed by atoms with E-state index in [2.05, 4.69) is 33.6 Å². The minimum atomic E-state index is -0.176. The van der Waals surface area contributed by atoms with E-state index in [0.717, 1.165) is 49.1 Å². The van der Waals surface area contributed by atoms with Gasteiger partial charge >= 0.3 is 0 Å². The van der Waals surface area contributed by atoms with Gasteiger partial charge in [0, 0.05) is 18.3 Å². The standard InChI is InChI=1S/C19H23N6O/c1-2-25-12-20-16-17(21-13-6-4-3-5-7-13)23-19(24-18(16)25)22-14-8-10-15(26)11-9-14/h4-7,12,14-15,26H,2,8-11H2,1H3,(H2,21,22,23,24)/t14-,15-. The third kappa shape index (κ3) is 3.48. The molecule has 3 N–H and O–H groups in total. The minimum absolute atomic E-state index is 0.176. The van der Waals surface area contributed by atoms with Gasteiger partial charge in [-0.25, -0.2) is 4.98 Å². The molecule has 2 heterocycles. The molecule has 1 saturated carbocycles. The van der Waals surface area contributed by atoms with Crippen molar-refractivity contribution in [2.45, 2.75) is 51.3 Å². The zero-order valence-electron chi connectivity index (χ0n) is 14.8. The van der Waals surface area contributed by atoms with Gasteiger partial charge in [0.1, 0.15) is 0 Å². The fourth-order valence-electron chi connectivity index (χ4n) is 3.34. The summed E-state index contributed by atoms with van der Waals surface area (Å²) in [6.07, 6.45) is 5.10. The minimum Gasteiger partial charge on any atom is -0.393 e. The summed E-state index contributed by atoms with van der Waals surface area (Å²) in [6.45, 7) is 2.86. The van der Waals surface area contributed by atoms with E-state index in [9.17, 15) is 5.11 Å². The molecule has 4 rings (SSSR count). The maximum absolute atomic E-state index is 9.70. The molecule has 7 nitrogen and oxygen atoms in total. The number of aryl methyl sites for hydroxylation is 1. The van der Waals surface area contributed by atoms with Gasteiger partial charge < -0.3 is 20.3 Å². The first-order chi connectivity index (χ1) is 12.7. The van der Waals surface area contributed by atoms with Gasteiger partial charge in [0.15, 0.2) is 17.0 Å². The molecule has 1 aromatic carbocycles. The Labute approximate surface area is 152 Å². The zero-order valence-corrected chi connectivity index (χ0v) is 14.8. The molecule has 0 aliphatic heterocycles. The maximum atomic E-state index is 9.70. The van der Waals surface area contributed by atoms with E-state index in [1.54, 1.807) is 6.33 Å². The molecular weight excluding hydrogens is 328 g/mol. The molecule has 0 amide bonds. The predicted molar refractivity (Wildman–Crippen MR) is 101 cm³/mol. The number of nitrogens with zero attached hydrogens (tertiary/aromatic N) is 4. The molecule has 2 aromatic heterocycles. The molecule has 0 spiro atoms. The molecule has 26 heavy (non-hydrogen) atoms. The van der Waals surface area contributed by atoms with Crippen molar-refractivity contribution < 1.29 is 5.11 Å². The Balaban J connectivity index is 1.66. The van der Waals surface area contributed by atoms with Gasteiger partial charge in [0.2, 0.25) is 5.95 Å². The normalized spacial score (nSPS) is 20.2. The van der Waals surface area contributed by atoms with Crippen LogP contribution >= 0.6 is 0 Å². The van der Waals surface area contributed by atoms with Crippen LogP contribution < -0.4 is 10.6 Å². The van der Waals surface area contributed by atoms with Crippen molar-refractivity contribution in [1.82, 2.24) is 19.5 Å². The van der Waals surface area contributed by atoms with Gasteiger partial charge in [-0.2, -0.15) is 9.97 Å². The molecule has 7 heteroatoms. The summed E-state index contributed by atoms with van der Waals surface area (Å²) < 4.78 is 2.01. The van der Waals surface area contributed by atoms with Gasteiger partial charge in [0.05, 0.1) is 12.4 Å². The highest BCUT2D eigenvalue weighted by Gasteiger charge is 2.21. The van der Waals surface area contributed by atoms with Crippen LogP contribution in [0.5, 0.6) is 0 Å². The van der Waals surface area contributed by atoms with Crippen molar-refractivity contribution in [1.29, 1.82) is 0 Å². The molecule has 3 aromatic rings. The van der Waals surface area contributed by atoms with E-state index >= 15 is 0 Å². The molecule has 1 aliphatic rings. The lowest BCUT2D eigenvalue weighted by molar-refractivity contribution is 0.126. The van der Waals surface area contributed by atoms with E-state index in [-0.39, 0.29) is 12.1 Å². The van der Waals surface area contributed by atoms with Crippen LogP contribution in [0.25, 0.3) is 11.2 Å². The quantitative estimate of drug-likeness (QED) is 0.655. The lowest BCUT2D eigenvalue weighted by Crippen LogP contribution is -2.29. The smallest absolute Gasteiger partial charge is 0.227 e. The molecule has 1 aliphatic carbocycles. The second-order valence-electron chi connectivity index (χ2n) is 6.66.